The van der Waals surface area contributed by atoms with Crippen LogP contribution < -0.4 is 0 Å². The fourth-order valence-electron chi connectivity index (χ4n) is 2.84. The standard InChI is InChI=1S/C22H16Br2N2O2/c1-12-9-15(21(27)20(24)13(12)2)11-25-17-7-8-19-18(10-17)26-22(28-19)14-3-5-16(23)6-4-14/h3-11,27H,1-2H3. The number of oxazole rings is 1. The summed E-state index contributed by atoms with van der Waals surface area (Å²) in [6, 6.07) is 15.3. The zero-order valence-corrected chi connectivity index (χ0v) is 18.4. The molecule has 4 nitrogen and oxygen atoms in total. The Morgan fingerprint density at radius 1 is 1.04 bits per heavy atom. The van der Waals surface area contributed by atoms with Gasteiger partial charge in [-0.1, -0.05) is 15.9 Å². The number of rotatable bonds is 3. The van der Waals surface area contributed by atoms with E-state index in [2.05, 4.69) is 41.8 Å². The van der Waals surface area contributed by atoms with E-state index in [0.29, 0.717) is 21.5 Å². The van der Waals surface area contributed by atoms with Crippen LogP contribution in [0.2, 0.25) is 0 Å². The molecule has 0 fully saturated rings. The Hall–Kier alpha value is -2.44. The smallest absolute Gasteiger partial charge is 0.227 e. The van der Waals surface area contributed by atoms with Gasteiger partial charge in [0.2, 0.25) is 5.89 Å². The highest BCUT2D eigenvalue weighted by molar-refractivity contribution is 9.10. The van der Waals surface area contributed by atoms with E-state index >= 15 is 0 Å². The minimum atomic E-state index is 0.187. The fraction of sp³-hybridized carbons (Fsp3) is 0.0909. The van der Waals surface area contributed by atoms with E-state index in [-0.39, 0.29) is 5.75 Å². The van der Waals surface area contributed by atoms with E-state index in [0.717, 1.165) is 32.4 Å². The number of aliphatic imine (C=N–C) groups is 1. The monoisotopic (exact) mass is 498 g/mol. The maximum atomic E-state index is 10.3. The number of hydrogen-bond donors (Lipinski definition) is 1. The number of aromatic hydroxyl groups is 1. The lowest BCUT2D eigenvalue weighted by atomic mass is 10.1. The molecule has 140 valence electrons. The van der Waals surface area contributed by atoms with Crippen LogP contribution >= 0.6 is 31.9 Å². The van der Waals surface area contributed by atoms with E-state index < -0.39 is 0 Å². The summed E-state index contributed by atoms with van der Waals surface area (Å²) in [5.41, 5.74) is 5.83. The van der Waals surface area contributed by atoms with Gasteiger partial charge in [-0.3, -0.25) is 4.99 Å². The first-order chi connectivity index (χ1) is 13.4. The van der Waals surface area contributed by atoms with Crippen LogP contribution in [0.1, 0.15) is 16.7 Å². The minimum absolute atomic E-state index is 0.187. The fourth-order valence-corrected chi connectivity index (χ4v) is 3.65. The summed E-state index contributed by atoms with van der Waals surface area (Å²) in [5.74, 6) is 0.756. The molecule has 28 heavy (non-hydrogen) atoms. The highest BCUT2D eigenvalue weighted by atomic mass is 79.9. The van der Waals surface area contributed by atoms with Gasteiger partial charge in [-0.25, -0.2) is 4.98 Å². The molecule has 6 heteroatoms. The zero-order valence-electron chi connectivity index (χ0n) is 15.2. The molecule has 0 saturated heterocycles. The number of aryl methyl sites for hydroxylation is 1. The van der Waals surface area contributed by atoms with Crippen LogP contribution in [0.4, 0.5) is 5.69 Å². The molecule has 0 aliphatic rings. The second-order valence-corrected chi connectivity index (χ2v) is 8.22. The number of hydrogen-bond acceptors (Lipinski definition) is 4. The molecule has 0 spiro atoms. The average molecular weight is 500 g/mol. The number of phenolic OH excluding ortho intramolecular Hbond substituents is 1. The number of phenols is 1. The Balaban J connectivity index is 1.67. The normalized spacial score (nSPS) is 11.6. The molecule has 1 N–H and O–H groups in total. The van der Waals surface area contributed by atoms with Gasteiger partial charge < -0.3 is 9.52 Å². The Morgan fingerprint density at radius 3 is 2.54 bits per heavy atom. The van der Waals surface area contributed by atoms with Gasteiger partial charge in [-0.05, 0) is 89.4 Å². The highest BCUT2D eigenvalue weighted by Gasteiger charge is 2.11. The van der Waals surface area contributed by atoms with Crippen molar-refractivity contribution in [3.8, 4) is 17.2 Å². The summed E-state index contributed by atoms with van der Waals surface area (Å²) >= 11 is 6.86. The van der Waals surface area contributed by atoms with Gasteiger partial charge >= 0.3 is 0 Å². The van der Waals surface area contributed by atoms with Crippen molar-refractivity contribution in [3.05, 3.63) is 74.2 Å². The Labute approximate surface area is 179 Å². The van der Waals surface area contributed by atoms with E-state index in [9.17, 15) is 5.11 Å². The number of aromatic nitrogens is 1. The van der Waals surface area contributed by atoms with Gasteiger partial charge in [0.05, 0.1) is 10.2 Å². The molecule has 0 aliphatic heterocycles. The SMILES string of the molecule is Cc1cc(C=Nc2ccc3oc(-c4ccc(Br)cc4)nc3c2)c(O)c(Br)c1C. The predicted molar refractivity (Wildman–Crippen MR) is 120 cm³/mol. The minimum Gasteiger partial charge on any atom is -0.506 e. The Morgan fingerprint density at radius 2 is 1.79 bits per heavy atom. The number of nitrogens with zero attached hydrogens (tertiary/aromatic N) is 2. The first-order valence-electron chi connectivity index (χ1n) is 8.61. The maximum absolute atomic E-state index is 10.3. The molecular formula is C22H16Br2N2O2. The average Bonchev–Trinajstić information content (AvgIpc) is 3.12. The molecule has 0 amide bonds. The maximum Gasteiger partial charge on any atom is 0.227 e. The largest absolute Gasteiger partial charge is 0.506 e. The zero-order chi connectivity index (χ0) is 19.8. The molecule has 0 atom stereocenters. The highest BCUT2D eigenvalue weighted by Crippen LogP contribution is 2.33. The first-order valence-corrected chi connectivity index (χ1v) is 10.2. The molecule has 0 aliphatic carbocycles. The van der Waals surface area contributed by atoms with Crippen LogP contribution in [-0.4, -0.2) is 16.3 Å². The van der Waals surface area contributed by atoms with Crippen molar-refractivity contribution in [2.45, 2.75) is 13.8 Å². The lowest BCUT2D eigenvalue weighted by Crippen LogP contribution is -1.90. The second-order valence-electron chi connectivity index (χ2n) is 6.51. The van der Waals surface area contributed by atoms with Gasteiger partial charge in [0.25, 0.3) is 0 Å². The van der Waals surface area contributed by atoms with E-state index in [1.54, 1.807) is 6.21 Å². The van der Waals surface area contributed by atoms with Crippen LogP contribution in [0.5, 0.6) is 5.75 Å². The number of halogens is 2. The van der Waals surface area contributed by atoms with Crippen LogP contribution in [0.25, 0.3) is 22.6 Å². The first kappa shape index (κ1) is 18.9. The molecule has 3 aromatic carbocycles. The van der Waals surface area contributed by atoms with Crippen molar-refractivity contribution in [1.29, 1.82) is 0 Å². The lowest BCUT2D eigenvalue weighted by Gasteiger charge is -2.08. The topological polar surface area (TPSA) is 58.6 Å². The molecule has 0 radical (unpaired) electrons. The predicted octanol–water partition coefficient (Wildman–Crippen LogP) is 7.09. The molecule has 4 aromatic rings. The summed E-state index contributed by atoms with van der Waals surface area (Å²) < 4.78 is 7.55. The van der Waals surface area contributed by atoms with Crippen molar-refractivity contribution in [2.75, 3.05) is 0 Å². The molecule has 1 heterocycles. The summed E-state index contributed by atoms with van der Waals surface area (Å²) in [5, 5.41) is 10.3. The third-order valence-electron chi connectivity index (χ3n) is 4.59. The number of fused-ring (bicyclic) bond motifs is 1. The van der Waals surface area contributed by atoms with Crippen LogP contribution in [0, 0.1) is 13.8 Å². The van der Waals surface area contributed by atoms with Gasteiger partial charge in [0.15, 0.2) is 5.58 Å². The molecule has 0 saturated carbocycles. The molecule has 0 unspecified atom stereocenters. The molecule has 1 aromatic heterocycles. The Bertz CT molecular complexity index is 1210. The van der Waals surface area contributed by atoms with Crippen LogP contribution in [-0.2, 0) is 0 Å². The molecule has 0 bridgehead atoms. The third-order valence-corrected chi connectivity index (χ3v) is 6.09. The Kier molecular flexibility index (Phi) is 5.08. The van der Waals surface area contributed by atoms with Gasteiger partial charge in [0.1, 0.15) is 11.3 Å². The van der Waals surface area contributed by atoms with Crippen molar-refractivity contribution >= 4 is 54.9 Å². The summed E-state index contributed by atoms with van der Waals surface area (Å²) in [4.78, 5) is 9.07. The molecular weight excluding hydrogens is 484 g/mol. The van der Waals surface area contributed by atoms with E-state index in [1.165, 1.54) is 0 Å². The summed E-state index contributed by atoms with van der Waals surface area (Å²) in [6.45, 7) is 3.96. The number of benzene rings is 3. The van der Waals surface area contributed by atoms with Gasteiger partial charge in [-0.2, -0.15) is 0 Å². The lowest BCUT2D eigenvalue weighted by molar-refractivity contribution is 0.470. The van der Waals surface area contributed by atoms with Crippen LogP contribution in [0.3, 0.4) is 0 Å². The van der Waals surface area contributed by atoms with Gasteiger partial charge in [0, 0.05) is 21.8 Å². The van der Waals surface area contributed by atoms with Gasteiger partial charge in [-0.15, -0.1) is 0 Å². The third kappa shape index (κ3) is 3.62. The summed E-state index contributed by atoms with van der Waals surface area (Å²) in [7, 11) is 0. The summed E-state index contributed by atoms with van der Waals surface area (Å²) in [6.07, 6.45) is 1.66. The quantitative estimate of drug-likeness (QED) is 0.306. The van der Waals surface area contributed by atoms with Crippen molar-refractivity contribution in [2.24, 2.45) is 4.99 Å². The van der Waals surface area contributed by atoms with E-state index in [1.807, 2.05) is 62.4 Å². The molecule has 4 rings (SSSR count). The van der Waals surface area contributed by atoms with Crippen LogP contribution in [0.15, 0.2) is 66.9 Å². The van der Waals surface area contributed by atoms with Crippen molar-refractivity contribution in [1.82, 2.24) is 4.98 Å². The van der Waals surface area contributed by atoms with E-state index in [4.69, 9.17) is 4.42 Å². The van der Waals surface area contributed by atoms with Crippen molar-refractivity contribution < 1.29 is 9.52 Å². The van der Waals surface area contributed by atoms with Crippen molar-refractivity contribution in [3.63, 3.8) is 0 Å². The second kappa shape index (κ2) is 7.53.